The highest BCUT2D eigenvalue weighted by Crippen LogP contribution is 2.25. The molecule has 0 aliphatic heterocycles. The van der Waals surface area contributed by atoms with E-state index in [1.165, 1.54) is 6.92 Å². The largest absolute Gasteiger partial charge is 0.306 e. The molecule has 0 amide bonds. The molecule has 0 radical (unpaired) electrons. The van der Waals surface area contributed by atoms with Gasteiger partial charge in [0.15, 0.2) is 17.5 Å². The van der Waals surface area contributed by atoms with Gasteiger partial charge in [-0.2, -0.15) is 0 Å². The van der Waals surface area contributed by atoms with Crippen molar-refractivity contribution < 1.29 is 4.39 Å². The highest BCUT2D eigenvalue weighted by molar-refractivity contribution is 9.10. The van der Waals surface area contributed by atoms with Crippen molar-refractivity contribution in [1.82, 2.24) is 15.0 Å². The van der Waals surface area contributed by atoms with Gasteiger partial charge in [-0.25, -0.2) is 20.2 Å². The van der Waals surface area contributed by atoms with Crippen molar-refractivity contribution in [3.05, 3.63) is 34.3 Å². The fourth-order valence-corrected chi connectivity index (χ4v) is 1.74. The summed E-state index contributed by atoms with van der Waals surface area (Å²) in [5.41, 5.74) is 2.94. The van der Waals surface area contributed by atoms with Crippen molar-refractivity contribution in [2.45, 2.75) is 6.92 Å². The Morgan fingerprint density at radius 3 is 2.82 bits per heavy atom. The highest BCUT2D eigenvalue weighted by Gasteiger charge is 2.14. The molecule has 0 aromatic carbocycles. The molecule has 0 unspecified atom stereocenters. The van der Waals surface area contributed by atoms with E-state index in [1.54, 1.807) is 18.3 Å². The molecule has 2 aromatic rings. The summed E-state index contributed by atoms with van der Waals surface area (Å²) >= 11 is 3.33. The van der Waals surface area contributed by atoms with Crippen molar-refractivity contribution in [3.8, 4) is 11.5 Å². The lowest BCUT2D eigenvalue weighted by atomic mass is 10.3. The molecule has 17 heavy (non-hydrogen) atoms. The highest BCUT2D eigenvalue weighted by atomic mass is 79.9. The molecule has 0 fully saturated rings. The lowest BCUT2D eigenvalue weighted by Crippen LogP contribution is -2.13. The number of hydrogen-bond donors (Lipinski definition) is 2. The molecule has 0 saturated heterocycles. The molecular weight excluding hydrogens is 289 g/mol. The maximum atomic E-state index is 13.5. The van der Waals surface area contributed by atoms with Gasteiger partial charge in [-0.3, -0.25) is 4.98 Å². The number of nitrogens with one attached hydrogen (secondary N) is 1. The van der Waals surface area contributed by atoms with Gasteiger partial charge >= 0.3 is 0 Å². The van der Waals surface area contributed by atoms with Gasteiger partial charge in [0, 0.05) is 10.7 Å². The summed E-state index contributed by atoms with van der Waals surface area (Å²) in [4.78, 5) is 12.1. The molecule has 5 nitrogen and oxygen atoms in total. The number of rotatable bonds is 2. The summed E-state index contributed by atoms with van der Waals surface area (Å²) in [6, 6.07) is 3.58. The number of hydrogen-bond acceptors (Lipinski definition) is 5. The summed E-state index contributed by atoms with van der Waals surface area (Å²) in [7, 11) is 0. The number of aromatic nitrogens is 3. The first-order valence-corrected chi connectivity index (χ1v) is 5.54. The fraction of sp³-hybridized carbons (Fsp3) is 0.100. The Morgan fingerprint density at radius 1 is 1.41 bits per heavy atom. The molecule has 0 atom stereocenters. The van der Waals surface area contributed by atoms with Gasteiger partial charge in [-0.05, 0) is 35.0 Å². The zero-order chi connectivity index (χ0) is 12.4. The van der Waals surface area contributed by atoms with Crippen molar-refractivity contribution in [2.24, 2.45) is 5.84 Å². The Balaban J connectivity index is 2.61. The van der Waals surface area contributed by atoms with Gasteiger partial charge in [-0.15, -0.1) is 0 Å². The van der Waals surface area contributed by atoms with E-state index in [-0.39, 0.29) is 11.5 Å². The summed E-state index contributed by atoms with van der Waals surface area (Å²) in [5.74, 6) is 4.88. The number of anilines is 1. The second-order valence-corrected chi connectivity index (χ2v) is 4.13. The number of nitrogens with zero attached hydrogens (tertiary/aromatic N) is 3. The van der Waals surface area contributed by atoms with Crippen LogP contribution < -0.4 is 11.3 Å². The maximum Gasteiger partial charge on any atom is 0.187 e. The van der Waals surface area contributed by atoms with Gasteiger partial charge < -0.3 is 5.43 Å². The molecule has 0 aliphatic rings. The van der Waals surface area contributed by atoms with Crippen LogP contribution in [0.5, 0.6) is 0 Å². The van der Waals surface area contributed by atoms with E-state index in [4.69, 9.17) is 5.84 Å². The minimum atomic E-state index is -0.566. The monoisotopic (exact) mass is 297 g/mol. The van der Waals surface area contributed by atoms with Crippen molar-refractivity contribution >= 4 is 21.7 Å². The first kappa shape index (κ1) is 11.9. The van der Waals surface area contributed by atoms with Crippen LogP contribution in [0.25, 0.3) is 11.5 Å². The Labute approximate surface area is 105 Å². The van der Waals surface area contributed by atoms with Gasteiger partial charge in [-0.1, -0.05) is 0 Å². The van der Waals surface area contributed by atoms with Crippen LogP contribution in [0.1, 0.15) is 5.69 Å². The average Bonchev–Trinajstić information content (AvgIpc) is 2.33. The minimum Gasteiger partial charge on any atom is -0.306 e. The Morgan fingerprint density at radius 2 is 2.18 bits per heavy atom. The molecule has 88 valence electrons. The van der Waals surface area contributed by atoms with Gasteiger partial charge in [0.25, 0.3) is 0 Å². The third-order valence-corrected chi connectivity index (χ3v) is 2.76. The predicted octanol–water partition coefficient (Wildman–Crippen LogP) is 2.03. The zero-order valence-corrected chi connectivity index (χ0v) is 10.5. The van der Waals surface area contributed by atoms with E-state index in [0.717, 1.165) is 4.47 Å². The molecule has 0 aliphatic carbocycles. The topological polar surface area (TPSA) is 76.7 Å². The predicted molar refractivity (Wildman–Crippen MR) is 65.5 cm³/mol. The van der Waals surface area contributed by atoms with Gasteiger partial charge in [0.05, 0.1) is 5.69 Å². The van der Waals surface area contributed by atoms with Crippen LogP contribution in [0.2, 0.25) is 0 Å². The van der Waals surface area contributed by atoms with E-state index in [2.05, 4.69) is 36.3 Å². The van der Waals surface area contributed by atoms with Crippen molar-refractivity contribution in [2.75, 3.05) is 5.43 Å². The van der Waals surface area contributed by atoms with Crippen molar-refractivity contribution in [1.29, 1.82) is 0 Å². The third-order valence-electron chi connectivity index (χ3n) is 2.12. The first-order chi connectivity index (χ1) is 8.13. The smallest absolute Gasteiger partial charge is 0.187 e. The Hall–Kier alpha value is -1.60. The van der Waals surface area contributed by atoms with E-state index in [9.17, 15) is 4.39 Å². The minimum absolute atomic E-state index is 0.0509. The summed E-state index contributed by atoms with van der Waals surface area (Å²) in [5, 5.41) is 0. The molecule has 3 N–H and O–H groups in total. The number of halogens is 2. The summed E-state index contributed by atoms with van der Waals surface area (Å²) in [6.45, 7) is 1.54. The molecule has 2 aromatic heterocycles. The number of pyridine rings is 1. The Kier molecular flexibility index (Phi) is 3.30. The molecule has 0 saturated carbocycles. The molecule has 0 spiro atoms. The van der Waals surface area contributed by atoms with Crippen LogP contribution in [0, 0.1) is 12.7 Å². The van der Waals surface area contributed by atoms with E-state index >= 15 is 0 Å². The quantitative estimate of drug-likeness (QED) is 0.655. The SMILES string of the molecule is Cc1nc(-c2ncccc2Br)nc(NN)c1F. The van der Waals surface area contributed by atoms with Crippen molar-refractivity contribution in [3.63, 3.8) is 0 Å². The summed E-state index contributed by atoms with van der Waals surface area (Å²) in [6.07, 6.45) is 1.61. The number of aryl methyl sites for hydroxylation is 1. The number of nitrogen functional groups attached to an aromatic ring is 1. The average molecular weight is 298 g/mol. The first-order valence-electron chi connectivity index (χ1n) is 4.75. The third kappa shape index (κ3) is 2.25. The van der Waals surface area contributed by atoms with Gasteiger partial charge in [0.2, 0.25) is 0 Å². The van der Waals surface area contributed by atoms with Crippen LogP contribution in [-0.2, 0) is 0 Å². The van der Waals surface area contributed by atoms with E-state index in [1.807, 2.05) is 0 Å². The molecule has 2 heterocycles. The van der Waals surface area contributed by atoms with Gasteiger partial charge in [0.1, 0.15) is 5.69 Å². The van der Waals surface area contributed by atoms with Crippen LogP contribution in [0.15, 0.2) is 22.8 Å². The second kappa shape index (κ2) is 4.72. The van der Waals surface area contributed by atoms with E-state index < -0.39 is 5.82 Å². The number of nitrogens with two attached hydrogens (primary N) is 1. The molecule has 2 rings (SSSR count). The summed E-state index contributed by atoms with van der Waals surface area (Å²) < 4.78 is 14.2. The molecule has 7 heteroatoms. The molecule has 0 bridgehead atoms. The molecular formula is C10H9BrFN5. The standard InChI is InChI=1S/C10H9BrFN5/c1-5-7(12)9(17-13)16-10(15-5)8-6(11)3-2-4-14-8/h2-4H,13H2,1H3,(H,15,16,17). The normalized spacial score (nSPS) is 10.4. The Bertz CT molecular complexity index is 560. The van der Waals surface area contributed by atoms with Crippen LogP contribution in [0.3, 0.4) is 0 Å². The van der Waals surface area contributed by atoms with E-state index in [0.29, 0.717) is 11.5 Å². The van der Waals surface area contributed by atoms with Crippen LogP contribution in [0.4, 0.5) is 10.2 Å². The fourth-order valence-electron chi connectivity index (χ4n) is 1.31. The lowest BCUT2D eigenvalue weighted by molar-refractivity contribution is 0.606. The number of hydrazine groups is 1. The maximum absolute atomic E-state index is 13.5. The second-order valence-electron chi connectivity index (χ2n) is 3.27. The van der Waals surface area contributed by atoms with Crippen LogP contribution in [-0.4, -0.2) is 15.0 Å². The zero-order valence-electron chi connectivity index (χ0n) is 8.91. The lowest BCUT2D eigenvalue weighted by Gasteiger charge is -2.07. The van der Waals surface area contributed by atoms with Crippen LogP contribution >= 0.6 is 15.9 Å².